The number of nitrogens with two attached hydrogens (primary N) is 2. The Morgan fingerprint density at radius 1 is 0.632 bits per heavy atom. The van der Waals surface area contributed by atoms with Crippen molar-refractivity contribution >= 4 is 94.8 Å². The predicted molar refractivity (Wildman–Crippen MR) is 354 cm³/mol. The van der Waals surface area contributed by atoms with Gasteiger partial charge in [0.2, 0.25) is 0 Å². The summed E-state index contributed by atoms with van der Waals surface area (Å²) >= 11 is 7.33. The third-order valence-electron chi connectivity index (χ3n) is 16.4. The first kappa shape index (κ1) is 66.8. The van der Waals surface area contributed by atoms with E-state index < -0.39 is 41.4 Å². The number of methoxy groups -OCH3 is 2. The average Bonchev–Trinajstić information content (AvgIpc) is 1.61. The fourth-order valence-corrected chi connectivity index (χ4v) is 12.7. The van der Waals surface area contributed by atoms with Crippen LogP contribution in [0.3, 0.4) is 0 Å². The fourth-order valence-electron chi connectivity index (χ4n) is 11.7. The van der Waals surface area contributed by atoms with E-state index in [0.29, 0.717) is 73.9 Å². The highest BCUT2D eigenvalue weighted by atomic mass is 79.9. The van der Waals surface area contributed by atoms with Crippen molar-refractivity contribution in [1.29, 1.82) is 0 Å². The van der Waals surface area contributed by atoms with E-state index in [1.54, 1.807) is 81.2 Å². The van der Waals surface area contributed by atoms with Crippen LogP contribution in [0.5, 0.6) is 11.5 Å². The second-order valence-electron chi connectivity index (χ2n) is 22.7. The van der Waals surface area contributed by atoms with Crippen LogP contribution in [0, 0.1) is 0 Å². The molecule has 12 rings (SSSR count). The minimum Gasteiger partial charge on any atom is -0.497 e. The van der Waals surface area contributed by atoms with Crippen molar-refractivity contribution in [3.63, 3.8) is 0 Å². The number of fused-ring (bicyclic) bond motifs is 2. The van der Waals surface area contributed by atoms with Crippen molar-refractivity contribution in [3.8, 4) is 34.0 Å². The SMILES string of the molecule is COc1ccc(CNc2ncc(Br)c3c2c(-c2ccc(C(=O)Nc4cc(C(F)(F)F)ccn4)cc2)nn3[C@@H]2CCC[C@@H](NC(=O)OCc3ccccc3)C2)c(OC)c1.Nc1ncc(Br)c2c1c(-c1ccc(C(=O)Nc3cc(C(F)(F)F)ccn3)cc1)nn2[C@@H]1CCC[C@@H](N)C1. The number of nitrogen functional groups attached to an aromatic ring is 1. The van der Waals surface area contributed by atoms with Crippen LogP contribution in [0.15, 0.2) is 155 Å². The van der Waals surface area contributed by atoms with E-state index in [2.05, 4.69) is 68.1 Å². The molecule has 6 heterocycles. The van der Waals surface area contributed by atoms with Crippen LogP contribution in [0.25, 0.3) is 44.3 Å². The lowest BCUT2D eigenvalue weighted by Gasteiger charge is -2.30. The molecule has 28 heteroatoms. The number of alkyl carbamates (subject to hydrolysis) is 1. The van der Waals surface area contributed by atoms with Crippen molar-refractivity contribution in [2.24, 2.45) is 5.73 Å². The van der Waals surface area contributed by atoms with E-state index in [9.17, 15) is 40.7 Å². The number of benzene rings is 4. The first-order valence-corrected chi connectivity index (χ1v) is 31.7. The molecule has 4 aromatic carbocycles. The Hall–Kier alpha value is -9.67. The zero-order valence-corrected chi connectivity index (χ0v) is 54.1. The molecule has 0 aliphatic heterocycles. The Balaban J connectivity index is 0.000000213. The zero-order valence-electron chi connectivity index (χ0n) is 50.9. The lowest BCUT2D eigenvalue weighted by Crippen LogP contribution is -2.39. The topological polar surface area (TPSA) is 266 Å². The van der Waals surface area contributed by atoms with Crippen molar-refractivity contribution in [1.82, 2.24) is 44.8 Å². The molecule has 0 spiro atoms. The number of carbonyl (C=O) groups excluding carboxylic acids is 3. The van der Waals surface area contributed by atoms with Gasteiger partial charge in [0.15, 0.2) is 0 Å². The summed E-state index contributed by atoms with van der Waals surface area (Å²) in [7, 11) is 3.18. The minimum atomic E-state index is -4.59. The predicted octanol–water partition coefficient (Wildman–Crippen LogP) is 15.1. The largest absolute Gasteiger partial charge is 0.497 e. The molecule has 2 fully saturated rings. The summed E-state index contributed by atoms with van der Waals surface area (Å²) in [5, 5.41) is 22.9. The number of ether oxygens (including phenoxy) is 3. The maximum Gasteiger partial charge on any atom is 0.416 e. The summed E-state index contributed by atoms with van der Waals surface area (Å²) < 4.78 is 101. The monoisotopic (exact) mass is 1430 g/mol. The van der Waals surface area contributed by atoms with E-state index in [0.717, 1.165) is 108 Å². The highest BCUT2D eigenvalue weighted by molar-refractivity contribution is 9.11. The summed E-state index contributed by atoms with van der Waals surface area (Å²) in [5.41, 5.74) is 17.1. The second kappa shape index (κ2) is 28.9. The number of nitrogens with one attached hydrogen (secondary N) is 4. The highest BCUT2D eigenvalue weighted by Crippen LogP contribution is 2.43. The molecule has 8 N–H and O–H groups in total. The van der Waals surface area contributed by atoms with Gasteiger partial charge in [0.25, 0.3) is 11.8 Å². The van der Waals surface area contributed by atoms with Crippen LogP contribution >= 0.6 is 31.9 Å². The van der Waals surface area contributed by atoms with Gasteiger partial charge >= 0.3 is 18.4 Å². The van der Waals surface area contributed by atoms with Crippen LogP contribution in [0.1, 0.15) is 106 Å². The Kier molecular flexibility index (Phi) is 20.3. The normalized spacial score (nSPS) is 16.5. The zero-order chi connectivity index (χ0) is 67.1. The highest BCUT2D eigenvalue weighted by Gasteiger charge is 2.34. The van der Waals surface area contributed by atoms with Gasteiger partial charge in [-0.2, -0.15) is 36.5 Å². The number of carbonyl (C=O) groups is 3. The van der Waals surface area contributed by atoms with Gasteiger partial charge in [-0.25, -0.2) is 24.7 Å². The number of pyridine rings is 4. The third kappa shape index (κ3) is 15.6. The molecule has 492 valence electrons. The molecule has 3 amide bonds. The summed E-state index contributed by atoms with van der Waals surface area (Å²) in [6.07, 6.45) is 2.49. The number of hydrogen-bond donors (Lipinski definition) is 6. The number of nitrogens with zero attached hydrogens (tertiary/aromatic N) is 8. The fraction of sp³-hybridized carbons (Fsp3) is 0.269. The Labute approximate surface area is 556 Å². The lowest BCUT2D eigenvalue weighted by atomic mass is 9.91. The van der Waals surface area contributed by atoms with Crippen molar-refractivity contribution in [3.05, 3.63) is 188 Å². The van der Waals surface area contributed by atoms with Gasteiger partial charge in [-0.15, -0.1) is 0 Å². The molecular formula is C67H62Br2F6N14O6. The van der Waals surface area contributed by atoms with Crippen LogP contribution in [-0.4, -0.2) is 83.7 Å². The number of rotatable bonds is 16. The molecule has 2 saturated carbocycles. The third-order valence-corrected chi connectivity index (χ3v) is 17.6. The lowest BCUT2D eigenvalue weighted by molar-refractivity contribution is -0.138. The van der Waals surface area contributed by atoms with Gasteiger partial charge < -0.3 is 46.9 Å². The minimum absolute atomic E-state index is 0.100. The van der Waals surface area contributed by atoms with Gasteiger partial charge in [0.1, 0.15) is 52.8 Å². The van der Waals surface area contributed by atoms with E-state index in [1.165, 1.54) is 0 Å². The van der Waals surface area contributed by atoms with E-state index in [1.807, 2.05) is 51.8 Å². The van der Waals surface area contributed by atoms with Crippen LogP contribution in [0.2, 0.25) is 0 Å². The maximum absolute atomic E-state index is 13.3. The number of aromatic nitrogens is 8. The van der Waals surface area contributed by atoms with Crippen LogP contribution in [0.4, 0.5) is 54.4 Å². The Morgan fingerprint density at radius 2 is 1.18 bits per heavy atom. The van der Waals surface area contributed by atoms with E-state index in [-0.39, 0.29) is 53.5 Å². The molecule has 0 bridgehead atoms. The first-order valence-electron chi connectivity index (χ1n) is 30.1. The molecule has 0 saturated heterocycles. The van der Waals surface area contributed by atoms with Crippen LogP contribution in [-0.2, 0) is 30.2 Å². The molecule has 2 aliphatic carbocycles. The number of anilines is 4. The van der Waals surface area contributed by atoms with Crippen molar-refractivity contribution in [2.75, 3.05) is 35.9 Å². The molecule has 20 nitrogen and oxygen atoms in total. The van der Waals surface area contributed by atoms with Crippen LogP contribution < -0.4 is 42.2 Å². The molecule has 0 unspecified atom stereocenters. The Morgan fingerprint density at radius 3 is 1.74 bits per heavy atom. The molecule has 0 radical (unpaired) electrons. The second-order valence-corrected chi connectivity index (χ2v) is 24.4. The van der Waals surface area contributed by atoms with Gasteiger partial charge in [0, 0.05) is 77.3 Å². The molecule has 10 aromatic rings. The average molecular weight is 1430 g/mol. The Bertz CT molecular complexity index is 4430. The van der Waals surface area contributed by atoms with Gasteiger partial charge in [-0.3, -0.25) is 19.0 Å². The number of hydrogen-bond acceptors (Lipinski definition) is 15. The first-order chi connectivity index (χ1) is 45.6. The maximum atomic E-state index is 13.3. The molecule has 6 aromatic heterocycles. The molecular weight excluding hydrogens is 1370 g/mol. The number of alkyl halides is 6. The molecule has 2 aliphatic rings. The van der Waals surface area contributed by atoms with E-state index in [4.69, 9.17) is 40.9 Å². The molecule has 4 atom stereocenters. The van der Waals surface area contributed by atoms with Gasteiger partial charge in [0.05, 0.1) is 68.2 Å². The van der Waals surface area contributed by atoms with Crippen molar-refractivity contribution < 1.29 is 54.9 Å². The van der Waals surface area contributed by atoms with E-state index >= 15 is 0 Å². The molecule has 95 heavy (non-hydrogen) atoms. The standard InChI is InChI=1S/C42H39BrF3N7O5.C25H23BrF3N7O/c1-56-32-16-15-28(34(21-32)57-2)22-48-39-36-37(26-11-13-27(14-12-26)40(54)51-35-19-29(17-18-47-35)42(44,45)46)52-53(38(36)33(43)23-49-39)31-10-6-9-30(20-31)50-41(55)58-24-25-7-4-3-5-8-25;26-18-12-33-23(31)20-21(35-36(22(18)20)17-3-1-2-16(30)11-17)13-4-6-14(7-5-13)24(37)34-19-10-15(8-9-32-19)25(27,28)29/h3-5,7-8,11-19,21,23,30-31H,6,9-10,20,22,24H2,1-2H3,(H,48,49)(H,50,55)(H,47,51,54);4-10,12,16-17H,1-3,11,30H2,(H2,31,33)(H,32,34,37)/t30-,31-;16-,17-/m11/s1. The summed E-state index contributed by atoms with van der Waals surface area (Å²) in [6.45, 7) is 0.515. The van der Waals surface area contributed by atoms with Gasteiger partial charge in [-0.05, 0) is 149 Å². The number of halogens is 8. The summed E-state index contributed by atoms with van der Waals surface area (Å²) in [5.74, 6) is 0.531. The summed E-state index contributed by atoms with van der Waals surface area (Å²) in [6, 6.07) is 31.4. The smallest absolute Gasteiger partial charge is 0.416 e. The van der Waals surface area contributed by atoms with Crippen molar-refractivity contribution in [2.45, 2.75) is 101 Å². The number of amides is 3. The quantitative estimate of drug-likeness (QED) is 0.0491. The van der Waals surface area contributed by atoms with Gasteiger partial charge in [-0.1, -0.05) is 54.6 Å². The summed E-state index contributed by atoms with van der Waals surface area (Å²) in [4.78, 5) is 55.4.